The lowest BCUT2D eigenvalue weighted by Crippen LogP contribution is -2.53. The molecule has 2 aromatic rings. The highest BCUT2D eigenvalue weighted by molar-refractivity contribution is 7.90. The highest BCUT2D eigenvalue weighted by atomic mass is 35.5. The van der Waals surface area contributed by atoms with Gasteiger partial charge >= 0.3 is 0 Å². The summed E-state index contributed by atoms with van der Waals surface area (Å²) in [5.41, 5.74) is 1.93. The molecule has 3 heterocycles. The van der Waals surface area contributed by atoms with Gasteiger partial charge < -0.3 is 14.4 Å². The van der Waals surface area contributed by atoms with E-state index >= 15 is 0 Å². The first kappa shape index (κ1) is 27.8. The molecule has 1 fully saturated rings. The Morgan fingerprint density at radius 3 is 2.67 bits per heavy atom. The number of nitrogens with zero attached hydrogens (tertiary/aromatic N) is 2. The molecule has 210 valence electrons. The number of benzene rings is 2. The van der Waals surface area contributed by atoms with Crippen LogP contribution in [0.5, 0.6) is 11.5 Å². The van der Waals surface area contributed by atoms with Crippen molar-refractivity contribution in [3.63, 3.8) is 0 Å². The van der Waals surface area contributed by atoms with E-state index in [9.17, 15) is 13.2 Å². The number of anilines is 1. The molecule has 1 saturated heterocycles. The lowest BCUT2D eigenvalue weighted by atomic mass is 10.0. The van der Waals surface area contributed by atoms with Crippen molar-refractivity contribution in [3.8, 4) is 11.5 Å². The largest absolute Gasteiger partial charge is 0.493 e. The number of nitrogens with one attached hydrogen (secondary N) is 1. The second-order valence-electron chi connectivity index (χ2n) is 10.7. The summed E-state index contributed by atoms with van der Waals surface area (Å²) < 4.78 is 40.8. The van der Waals surface area contributed by atoms with E-state index in [1.54, 1.807) is 31.2 Å². The smallest absolute Gasteiger partial charge is 0.264 e. The van der Waals surface area contributed by atoms with Crippen LogP contribution in [0.1, 0.15) is 49.0 Å². The number of hydrogen-bond acceptors (Lipinski definition) is 7. The van der Waals surface area contributed by atoms with Gasteiger partial charge in [0.25, 0.3) is 5.91 Å². The summed E-state index contributed by atoms with van der Waals surface area (Å²) in [6.45, 7) is 7.62. The van der Waals surface area contributed by atoms with Crippen molar-refractivity contribution in [1.82, 2.24) is 9.62 Å². The SMILES string of the molecule is C[C@@H]1[C@@H](C)C/C=C/CN2CC[C@H]2CN2CCCOc3cc(Cl)ccc3COc3ccc(cc32)C(=O)NS1(=O)=O. The molecule has 0 unspecified atom stereocenters. The topological polar surface area (TPSA) is 88.2 Å². The molecule has 3 atom stereocenters. The number of hydrogen-bond donors (Lipinski definition) is 1. The third-order valence-corrected chi connectivity index (χ3v) is 10.2. The van der Waals surface area contributed by atoms with Gasteiger partial charge in [0.2, 0.25) is 10.0 Å². The number of fused-ring (bicyclic) bond motifs is 3. The lowest BCUT2D eigenvalue weighted by molar-refractivity contribution is 0.0980. The quantitative estimate of drug-likeness (QED) is 0.460. The monoisotopic (exact) mass is 573 g/mol. The van der Waals surface area contributed by atoms with Crippen LogP contribution in [0.3, 0.4) is 0 Å². The van der Waals surface area contributed by atoms with Crippen LogP contribution in [0, 0.1) is 5.92 Å². The molecule has 2 aromatic carbocycles. The Bertz CT molecular complexity index is 1350. The summed E-state index contributed by atoms with van der Waals surface area (Å²) in [5, 5.41) is -0.118. The zero-order valence-electron chi connectivity index (χ0n) is 22.4. The minimum absolute atomic E-state index is 0.136. The zero-order valence-corrected chi connectivity index (χ0v) is 24.0. The van der Waals surface area contributed by atoms with Crippen LogP contribution in [0.15, 0.2) is 48.6 Å². The number of ether oxygens (including phenoxy) is 2. The maximum atomic E-state index is 13.2. The number of carbonyl (C=O) groups is 1. The van der Waals surface area contributed by atoms with Crippen molar-refractivity contribution in [1.29, 1.82) is 0 Å². The van der Waals surface area contributed by atoms with Crippen LogP contribution in [0.2, 0.25) is 5.02 Å². The Morgan fingerprint density at radius 2 is 1.87 bits per heavy atom. The van der Waals surface area contributed by atoms with Gasteiger partial charge in [-0.1, -0.05) is 36.7 Å². The second-order valence-corrected chi connectivity index (χ2v) is 13.1. The number of rotatable bonds is 0. The van der Waals surface area contributed by atoms with Gasteiger partial charge in [0.1, 0.15) is 18.1 Å². The second kappa shape index (κ2) is 11.8. The molecule has 39 heavy (non-hydrogen) atoms. The lowest BCUT2D eigenvalue weighted by Gasteiger charge is -2.43. The first-order chi connectivity index (χ1) is 18.7. The highest BCUT2D eigenvalue weighted by Gasteiger charge is 2.32. The van der Waals surface area contributed by atoms with E-state index in [2.05, 4.69) is 26.7 Å². The number of sulfonamides is 1. The maximum absolute atomic E-state index is 13.2. The van der Waals surface area contributed by atoms with Crippen LogP contribution in [0.4, 0.5) is 5.69 Å². The van der Waals surface area contributed by atoms with Crippen LogP contribution in [-0.2, 0) is 16.6 Å². The molecule has 10 heteroatoms. The summed E-state index contributed by atoms with van der Waals surface area (Å²) in [7, 11) is -3.86. The van der Waals surface area contributed by atoms with Crippen LogP contribution >= 0.6 is 11.6 Å². The molecule has 0 aliphatic carbocycles. The van der Waals surface area contributed by atoms with E-state index in [4.69, 9.17) is 21.1 Å². The Hall–Kier alpha value is -2.75. The molecule has 2 bridgehead atoms. The minimum Gasteiger partial charge on any atom is -0.493 e. The number of carbonyl (C=O) groups excluding carboxylic acids is 1. The van der Waals surface area contributed by atoms with E-state index in [1.165, 1.54) is 0 Å². The van der Waals surface area contributed by atoms with E-state index in [-0.39, 0.29) is 18.1 Å². The standard InChI is InChI=1S/C29H36ClN3O5S/c1-20-6-3-4-12-32-14-11-25(32)18-33-13-5-15-37-28-17-24(30)9-7-23(28)19-38-27-10-8-22(16-26(27)33)29(34)31-39(35,36)21(20)2/h3-4,7-10,16-17,20-21,25H,5-6,11-15,18-19H2,1-2H3,(H,31,34)/b4-3+/t20-,21+,25-/m0/s1. The fraction of sp³-hybridized carbons (Fsp3) is 0.483. The number of amides is 1. The molecule has 3 aliphatic heterocycles. The first-order valence-electron chi connectivity index (χ1n) is 13.6. The third-order valence-electron chi connectivity index (χ3n) is 8.04. The maximum Gasteiger partial charge on any atom is 0.264 e. The molecule has 0 radical (unpaired) electrons. The average molecular weight is 574 g/mol. The Morgan fingerprint density at radius 1 is 1.03 bits per heavy atom. The van der Waals surface area contributed by atoms with Crippen LogP contribution in [-0.4, -0.2) is 63.3 Å². The molecule has 5 rings (SSSR count). The van der Waals surface area contributed by atoms with Crippen molar-refractivity contribution in [2.24, 2.45) is 5.92 Å². The average Bonchev–Trinajstić information content (AvgIpc) is 2.92. The molecular formula is C29H36ClN3O5S. The summed E-state index contributed by atoms with van der Waals surface area (Å²) in [6.07, 6.45) is 6.66. The molecular weight excluding hydrogens is 538 g/mol. The summed E-state index contributed by atoms with van der Waals surface area (Å²) in [5.74, 6) is 0.556. The fourth-order valence-corrected chi connectivity index (χ4v) is 6.66. The van der Waals surface area contributed by atoms with Crippen molar-refractivity contribution in [2.75, 3.05) is 37.7 Å². The van der Waals surface area contributed by atoms with Gasteiger partial charge in [-0.3, -0.25) is 9.69 Å². The van der Waals surface area contributed by atoms with Gasteiger partial charge in [0, 0.05) is 48.4 Å². The Balaban J connectivity index is 1.52. The van der Waals surface area contributed by atoms with Crippen molar-refractivity contribution < 1.29 is 22.7 Å². The van der Waals surface area contributed by atoms with Gasteiger partial charge in [-0.15, -0.1) is 0 Å². The number of allylic oxidation sites excluding steroid dienone is 1. The summed E-state index contributed by atoms with van der Waals surface area (Å²) >= 11 is 6.21. The Labute approximate surface area is 236 Å². The van der Waals surface area contributed by atoms with Crippen molar-refractivity contribution >= 4 is 33.2 Å². The van der Waals surface area contributed by atoms with E-state index in [0.717, 1.165) is 43.7 Å². The molecule has 0 aromatic heterocycles. The number of halogens is 1. The zero-order chi connectivity index (χ0) is 27.6. The van der Waals surface area contributed by atoms with Gasteiger partial charge in [-0.25, -0.2) is 13.1 Å². The molecule has 8 nitrogen and oxygen atoms in total. The van der Waals surface area contributed by atoms with Gasteiger partial charge in [0.05, 0.1) is 17.5 Å². The predicted octanol–water partition coefficient (Wildman–Crippen LogP) is 4.63. The van der Waals surface area contributed by atoms with Crippen molar-refractivity contribution in [3.05, 3.63) is 64.7 Å². The normalized spacial score (nSPS) is 26.8. The Kier molecular flexibility index (Phi) is 8.40. The van der Waals surface area contributed by atoms with Crippen molar-refractivity contribution in [2.45, 2.75) is 51.0 Å². The molecule has 0 saturated carbocycles. The minimum atomic E-state index is -3.86. The predicted molar refractivity (Wildman–Crippen MR) is 153 cm³/mol. The molecule has 0 spiro atoms. The van der Waals surface area contributed by atoms with Gasteiger partial charge in [-0.2, -0.15) is 0 Å². The highest BCUT2D eigenvalue weighted by Crippen LogP contribution is 2.34. The van der Waals surface area contributed by atoms with E-state index in [0.29, 0.717) is 42.1 Å². The molecule has 3 aliphatic rings. The fourth-order valence-electron chi connectivity index (χ4n) is 5.21. The van der Waals surface area contributed by atoms with Gasteiger partial charge in [-0.05, 0) is 62.4 Å². The molecule has 1 N–H and O–H groups in total. The third kappa shape index (κ3) is 6.36. The van der Waals surface area contributed by atoms with Crippen LogP contribution < -0.4 is 19.1 Å². The first-order valence-corrected chi connectivity index (χ1v) is 15.5. The molecule has 1 amide bonds. The van der Waals surface area contributed by atoms with Gasteiger partial charge in [0.15, 0.2) is 0 Å². The van der Waals surface area contributed by atoms with E-state index in [1.807, 2.05) is 19.1 Å². The van der Waals surface area contributed by atoms with Crippen LogP contribution in [0.25, 0.3) is 0 Å². The summed E-state index contributed by atoms with van der Waals surface area (Å²) in [6, 6.07) is 11.0. The summed E-state index contributed by atoms with van der Waals surface area (Å²) in [4.78, 5) is 17.9. The van der Waals surface area contributed by atoms with E-state index < -0.39 is 21.2 Å².